The molecule has 0 aromatic carbocycles. The van der Waals surface area contributed by atoms with Crippen LogP contribution in [0, 0.1) is 11.3 Å². The first-order chi connectivity index (χ1) is 15.9. The van der Waals surface area contributed by atoms with Crippen molar-refractivity contribution in [3.8, 4) is 11.4 Å². The highest BCUT2D eigenvalue weighted by Gasteiger charge is 2.75. The number of nitrogens with zero attached hydrogens (tertiary/aromatic N) is 4. The summed E-state index contributed by atoms with van der Waals surface area (Å²) in [5.74, 6) is 0.766. The number of anilines is 1. The fraction of sp³-hybridized carbons (Fsp3) is 0.333. The molecule has 3 fully saturated rings. The first-order valence-electron chi connectivity index (χ1n) is 10.8. The maximum absolute atomic E-state index is 13.6. The van der Waals surface area contributed by atoms with Crippen LogP contribution in [-0.4, -0.2) is 44.4 Å². The van der Waals surface area contributed by atoms with Crippen LogP contribution in [0.1, 0.15) is 28.8 Å². The third kappa shape index (κ3) is 3.17. The molecule has 1 aliphatic heterocycles. The number of carbonyl (C=O) groups excluding carboxylic acids is 1. The summed E-state index contributed by atoms with van der Waals surface area (Å²) < 4.78 is 38.5. The number of hydrogen-bond donors (Lipinski definition) is 1. The third-order valence-corrected chi connectivity index (χ3v) is 7.23. The lowest BCUT2D eigenvalue weighted by Gasteiger charge is -2.48. The summed E-state index contributed by atoms with van der Waals surface area (Å²) >= 11 is 0. The van der Waals surface area contributed by atoms with Gasteiger partial charge in [-0.1, -0.05) is 6.07 Å². The molecule has 4 heterocycles. The summed E-state index contributed by atoms with van der Waals surface area (Å²) in [5.41, 5.74) is 1.03. The maximum Gasteiger partial charge on any atom is 0.417 e. The second kappa shape index (κ2) is 7.00. The van der Waals surface area contributed by atoms with Gasteiger partial charge in [0.1, 0.15) is 11.5 Å². The van der Waals surface area contributed by atoms with Crippen molar-refractivity contribution in [1.82, 2.24) is 19.9 Å². The molecule has 33 heavy (non-hydrogen) atoms. The molecule has 0 radical (unpaired) electrons. The van der Waals surface area contributed by atoms with Crippen LogP contribution >= 0.6 is 0 Å². The lowest BCUT2D eigenvalue weighted by Crippen LogP contribution is -2.60. The van der Waals surface area contributed by atoms with Gasteiger partial charge in [-0.15, -0.1) is 0 Å². The van der Waals surface area contributed by atoms with Gasteiger partial charge >= 0.3 is 6.18 Å². The molecule has 3 aliphatic rings. The molecule has 1 N–H and O–H groups in total. The minimum absolute atomic E-state index is 0.0177. The zero-order chi connectivity index (χ0) is 22.8. The number of aromatic nitrogens is 3. The summed E-state index contributed by atoms with van der Waals surface area (Å²) in [4.78, 5) is 28.3. The van der Waals surface area contributed by atoms with Gasteiger partial charge in [0.05, 0.1) is 22.9 Å². The van der Waals surface area contributed by atoms with Crippen molar-refractivity contribution >= 4 is 11.7 Å². The standard InChI is InChI=1S/C24H20F3N5O/c25-24(26,27)14-6-7-19(30-12-14)31-18-11-23-10-15(23)13-32(21(18)23)22(33)16-4-3-9-29-20(16)17-5-1-2-8-28-17/h1-9,12,15,18,21H,10-11,13H2,(H,30,31). The SMILES string of the molecule is O=C(c1cccnc1-c1ccccn1)N1CC2CC23CC(Nc2ccc(C(F)(F)F)cn2)C13. The summed E-state index contributed by atoms with van der Waals surface area (Å²) in [6.45, 7) is 0.679. The Bertz CT molecular complexity index is 1220. The number of alkyl halides is 3. The van der Waals surface area contributed by atoms with Crippen molar-refractivity contribution < 1.29 is 18.0 Å². The van der Waals surface area contributed by atoms with Gasteiger partial charge in [-0.25, -0.2) is 4.98 Å². The second-order valence-corrected chi connectivity index (χ2v) is 9.04. The Morgan fingerprint density at radius 3 is 2.61 bits per heavy atom. The highest BCUT2D eigenvalue weighted by atomic mass is 19.4. The Hall–Kier alpha value is -3.49. The first kappa shape index (κ1) is 20.1. The normalized spacial score (nSPS) is 27.4. The van der Waals surface area contributed by atoms with E-state index in [1.165, 1.54) is 6.07 Å². The zero-order valence-electron chi connectivity index (χ0n) is 17.5. The van der Waals surface area contributed by atoms with Gasteiger partial charge in [0.15, 0.2) is 0 Å². The number of amides is 1. The van der Waals surface area contributed by atoms with Crippen LogP contribution in [0.15, 0.2) is 61.1 Å². The molecule has 0 bridgehead atoms. The molecule has 1 spiro atoms. The predicted octanol–water partition coefficient (Wildman–Crippen LogP) is 4.27. The van der Waals surface area contributed by atoms with Gasteiger partial charge in [0.2, 0.25) is 0 Å². The molecule has 4 unspecified atom stereocenters. The maximum atomic E-state index is 13.6. The molecule has 1 amide bonds. The van der Waals surface area contributed by atoms with Crippen molar-refractivity contribution in [1.29, 1.82) is 0 Å². The third-order valence-electron chi connectivity index (χ3n) is 7.23. The molecule has 6 nitrogen and oxygen atoms in total. The topological polar surface area (TPSA) is 71.0 Å². The second-order valence-electron chi connectivity index (χ2n) is 9.04. The van der Waals surface area contributed by atoms with E-state index in [0.29, 0.717) is 35.2 Å². The molecule has 4 atom stereocenters. The van der Waals surface area contributed by atoms with Crippen LogP contribution in [0.25, 0.3) is 11.4 Å². The Kier molecular flexibility index (Phi) is 4.27. The number of nitrogens with one attached hydrogen (secondary N) is 1. The molecule has 168 valence electrons. The Balaban J connectivity index is 1.25. The van der Waals surface area contributed by atoms with Crippen molar-refractivity contribution in [2.45, 2.75) is 31.1 Å². The molecular formula is C24H20F3N5O. The minimum Gasteiger partial charge on any atom is -0.365 e. The van der Waals surface area contributed by atoms with E-state index >= 15 is 0 Å². The van der Waals surface area contributed by atoms with Gasteiger partial charge in [-0.05, 0) is 60.6 Å². The van der Waals surface area contributed by atoms with Crippen molar-refractivity contribution in [3.05, 3.63) is 72.2 Å². The van der Waals surface area contributed by atoms with Crippen LogP contribution < -0.4 is 5.32 Å². The highest BCUT2D eigenvalue weighted by molar-refractivity contribution is 6.00. The fourth-order valence-corrected chi connectivity index (χ4v) is 5.63. The lowest BCUT2D eigenvalue weighted by atomic mass is 9.71. The van der Waals surface area contributed by atoms with E-state index in [0.717, 1.165) is 25.1 Å². The average molecular weight is 451 g/mol. The van der Waals surface area contributed by atoms with E-state index in [-0.39, 0.29) is 23.4 Å². The van der Waals surface area contributed by atoms with Gasteiger partial charge in [-0.2, -0.15) is 13.2 Å². The van der Waals surface area contributed by atoms with E-state index in [1.807, 2.05) is 23.1 Å². The largest absolute Gasteiger partial charge is 0.417 e. The Labute approximate surface area is 187 Å². The van der Waals surface area contributed by atoms with E-state index < -0.39 is 11.7 Å². The number of rotatable bonds is 4. The number of carbonyl (C=O) groups is 1. The van der Waals surface area contributed by atoms with Crippen LogP contribution in [-0.2, 0) is 6.18 Å². The van der Waals surface area contributed by atoms with Gasteiger partial charge < -0.3 is 10.2 Å². The van der Waals surface area contributed by atoms with Crippen LogP contribution in [0.5, 0.6) is 0 Å². The Morgan fingerprint density at radius 2 is 1.88 bits per heavy atom. The molecule has 3 aromatic rings. The molecule has 1 saturated heterocycles. The van der Waals surface area contributed by atoms with Gasteiger partial charge in [-0.3, -0.25) is 14.8 Å². The van der Waals surface area contributed by atoms with E-state index in [4.69, 9.17) is 0 Å². The highest BCUT2D eigenvalue weighted by Crippen LogP contribution is 2.71. The van der Waals surface area contributed by atoms with Gasteiger partial charge in [0, 0.05) is 31.2 Å². The predicted molar refractivity (Wildman–Crippen MR) is 114 cm³/mol. The number of hydrogen-bond acceptors (Lipinski definition) is 5. The van der Waals surface area contributed by atoms with Crippen LogP contribution in [0.3, 0.4) is 0 Å². The smallest absolute Gasteiger partial charge is 0.365 e. The molecule has 3 aromatic heterocycles. The van der Waals surface area contributed by atoms with E-state index in [1.54, 1.807) is 24.5 Å². The van der Waals surface area contributed by atoms with Crippen molar-refractivity contribution in [2.24, 2.45) is 11.3 Å². The fourth-order valence-electron chi connectivity index (χ4n) is 5.63. The number of pyridine rings is 3. The summed E-state index contributed by atoms with van der Waals surface area (Å²) in [6.07, 6.45) is 1.70. The monoisotopic (exact) mass is 451 g/mol. The molecule has 9 heteroatoms. The number of likely N-dealkylation sites (tertiary alicyclic amines) is 1. The van der Waals surface area contributed by atoms with Crippen molar-refractivity contribution in [2.75, 3.05) is 11.9 Å². The summed E-state index contributed by atoms with van der Waals surface area (Å²) in [6, 6.07) is 11.3. The van der Waals surface area contributed by atoms with Crippen molar-refractivity contribution in [3.63, 3.8) is 0 Å². The average Bonchev–Trinajstić information content (AvgIpc) is 3.47. The van der Waals surface area contributed by atoms with Crippen LogP contribution in [0.4, 0.5) is 19.0 Å². The van der Waals surface area contributed by atoms with E-state index in [9.17, 15) is 18.0 Å². The van der Waals surface area contributed by atoms with Crippen LogP contribution in [0.2, 0.25) is 0 Å². The minimum atomic E-state index is -4.42. The zero-order valence-corrected chi connectivity index (χ0v) is 17.5. The lowest BCUT2D eigenvalue weighted by molar-refractivity contribution is -0.137. The molecule has 2 saturated carbocycles. The van der Waals surface area contributed by atoms with E-state index in [2.05, 4.69) is 20.3 Å². The quantitative estimate of drug-likeness (QED) is 0.642. The Morgan fingerprint density at radius 1 is 1.03 bits per heavy atom. The summed E-state index contributed by atoms with van der Waals surface area (Å²) in [5, 5.41) is 3.26. The molecular weight excluding hydrogens is 431 g/mol. The van der Waals surface area contributed by atoms with Gasteiger partial charge in [0.25, 0.3) is 5.91 Å². The molecule has 2 aliphatic carbocycles. The summed E-state index contributed by atoms with van der Waals surface area (Å²) in [7, 11) is 0. The number of piperidine rings is 1. The first-order valence-corrected chi connectivity index (χ1v) is 10.8. The molecule has 6 rings (SSSR count). The number of halogens is 3.